The van der Waals surface area contributed by atoms with Gasteiger partial charge in [0.05, 0.1) is 57.5 Å². The van der Waals surface area contributed by atoms with E-state index in [1.54, 1.807) is 0 Å². The van der Waals surface area contributed by atoms with Crippen LogP contribution in [0.3, 0.4) is 0 Å². The molecule has 0 radical (unpaired) electrons. The van der Waals surface area contributed by atoms with Gasteiger partial charge in [0.25, 0.3) is 0 Å². The molecule has 0 spiro atoms. The summed E-state index contributed by atoms with van der Waals surface area (Å²) in [5.74, 6) is 0. The minimum atomic E-state index is 0.610. The Hall–Kier alpha value is -8.78. The summed E-state index contributed by atoms with van der Waals surface area (Å²) in [6, 6.07) is 57.0. The number of aromatic nitrogens is 3. The number of hydrogen-bond donors (Lipinski definition) is 0. The summed E-state index contributed by atoms with van der Waals surface area (Å²) in [5, 5.41) is 14.9. The van der Waals surface area contributed by atoms with E-state index in [9.17, 15) is 5.26 Å². The molecule has 12 rings (SSSR count). The molecule has 0 aliphatic rings. The number of benzene rings is 9. The monoisotopic (exact) mass is 982 g/mol. The van der Waals surface area contributed by atoms with Crippen molar-refractivity contribution in [3.8, 4) is 73.1 Å². The van der Waals surface area contributed by atoms with Crippen molar-refractivity contribution in [2.45, 2.75) is 83.1 Å². The van der Waals surface area contributed by atoms with Crippen LogP contribution in [0.25, 0.3) is 111 Å². The first-order valence-electron chi connectivity index (χ1n) is 26.6. The predicted octanol–water partition coefficient (Wildman–Crippen LogP) is 19.2. The minimum absolute atomic E-state index is 0.610. The summed E-state index contributed by atoms with van der Waals surface area (Å²) in [6.07, 6.45) is 4.12. The fourth-order valence-corrected chi connectivity index (χ4v) is 13.5. The first-order valence-corrected chi connectivity index (χ1v) is 26.6. The number of hydrogen-bond acceptors (Lipinski definition) is 2. The molecule has 0 saturated heterocycles. The smallest absolute Gasteiger partial charge is 0.0991 e. The van der Waals surface area contributed by atoms with Gasteiger partial charge in [-0.25, -0.2) is 0 Å². The Kier molecular flexibility index (Phi) is 11.6. The van der Waals surface area contributed by atoms with Gasteiger partial charge in [0.1, 0.15) is 0 Å². The van der Waals surface area contributed by atoms with Gasteiger partial charge in [0.15, 0.2) is 0 Å². The molecule has 0 fully saturated rings. The second-order valence-electron chi connectivity index (χ2n) is 21.9. The maximum Gasteiger partial charge on any atom is 0.0991 e. The van der Waals surface area contributed by atoms with Gasteiger partial charge >= 0.3 is 0 Å². The number of nitriles is 1. The molecule has 0 N–H and O–H groups in total. The molecule has 12 aromatic rings. The van der Waals surface area contributed by atoms with Crippen LogP contribution in [0.1, 0.15) is 72.3 Å². The van der Waals surface area contributed by atoms with E-state index in [0.29, 0.717) is 5.56 Å². The van der Waals surface area contributed by atoms with Gasteiger partial charge in [0.2, 0.25) is 0 Å². The van der Waals surface area contributed by atoms with Crippen molar-refractivity contribution in [2.24, 2.45) is 0 Å². The second-order valence-corrected chi connectivity index (χ2v) is 21.9. The van der Waals surface area contributed by atoms with Gasteiger partial charge in [-0.2, -0.15) is 5.26 Å². The number of fused-ring (bicyclic) bond motifs is 6. The molecule has 0 aliphatic heterocycles. The lowest BCUT2D eigenvalue weighted by molar-refractivity contribution is 1.09. The molecule has 0 atom stereocenters. The summed E-state index contributed by atoms with van der Waals surface area (Å²) in [4.78, 5) is 5.32. The van der Waals surface area contributed by atoms with Crippen molar-refractivity contribution in [1.29, 1.82) is 5.26 Å². The Morgan fingerprint density at radius 2 is 0.553 bits per heavy atom. The average molecular weight is 983 g/mol. The SMILES string of the molecule is Cc1cc(C)c(-c2ccc3c4ccc(-c5c(C)cc(C)cc5C)cc4n(-c4cncc(-n5c6cc(-c7c(C)cc(C)cc7C)ccc6c6ccc(-c7c(C)cc(C)cc7C)cc65)c4-c4ccc(C#N)cc4)c3c2)c(C)c1. The minimum Gasteiger partial charge on any atom is -0.307 e. The van der Waals surface area contributed by atoms with Crippen molar-refractivity contribution in [3.05, 3.63) is 230 Å². The molecule has 0 bridgehead atoms. The van der Waals surface area contributed by atoms with E-state index in [1.165, 1.54) is 133 Å². The Morgan fingerprint density at radius 1 is 0.303 bits per heavy atom. The third-order valence-electron chi connectivity index (χ3n) is 16.1. The maximum atomic E-state index is 10.2. The molecule has 0 unspecified atom stereocenters. The van der Waals surface area contributed by atoms with Crippen molar-refractivity contribution >= 4 is 43.6 Å². The van der Waals surface area contributed by atoms with Gasteiger partial charge in [-0.15, -0.1) is 0 Å². The predicted molar refractivity (Wildman–Crippen MR) is 322 cm³/mol. The van der Waals surface area contributed by atoms with Crippen LogP contribution in [0, 0.1) is 94.4 Å². The Morgan fingerprint density at radius 3 is 0.803 bits per heavy atom. The molecule has 0 saturated carbocycles. The molecule has 3 aromatic heterocycles. The third kappa shape index (κ3) is 7.84. The van der Waals surface area contributed by atoms with E-state index in [1.807, 2.05) is 12.1 Å². The fourth-order valence-electron chi connectivity index (χ4n) is 13.5. The van der Waals surface area contributed by atoms with Crippen LogP contribution in [0.15, 0.2) is 158 Å². The number of nitrogens with zero attached hydrogens (tertiary/aromatic N) is 4. The van der Waals surface area contributed by atoms with Crippen molar-refractivity contribution < 1.29 is 0 Å². The lowest BCUT2D eigenvalue weighted by atomic mass is 9.92. The van der Waals surface area contributed by atoms with Crippen LogP contribution < -0.4 is 0 Å². The Bertz CT molecular complexity index is 3890. The van der Waals surface area contributed by atoms with E-state index in [4.69, 9.17) is 4.98 Å². The van der Waals surface area contributed by atoms with Crippen LogP contribution in [-0.4, -0.2) is 14.1 Å². The normalized spacial score (nSPS) is 11.7. The lowest BCUT2D eigenvalue weighted by Gasteiger charge is -2.21. The van der Waals surface area contributed by atoms with Crippen LogP contribution in [0.4, 0.5) is 0 Å². The molecule has 76 heavy (non-hydrogen) atoms. The zero-order valence-electron chi connectivity index (χ0n) is 45.8. The molecular formula is C72H62N4. The van der Waals surface area contributed by atoms with Crippen LogP contribution in [-0.2, 0) is 0 Å². The van der Waals surface area contributed by atoms with Crippen LogP contribution in [0.5, 0.6) is 0 Å². The third-order valence-corrected chi connectivity index (χ3v) is 16.1. The van der Waals surface area contributed by atoms with Crippen LogP contribution >= 0.6 is 0 Å². The molecule has 9 aromatic carbocycles. The van der Waals surface area contributed by atoms with E-state index < -0.39 is 0 Å². The zero-order chi connectivity index (χ0) is 53.0. The maximum absolute atomic E-state index is 10.2. The van der Waals surface area contributed by atoms with Gasteiger partial charge in [-0.1, -0.05) is 131 Å². The fraction of sp³-hybridized carbons (Fsp3) is 0.167. The highest BCUT2D eigenvalue weighted by Gasteiger charge is 2.25. The van der Waals surface area contributed by atoms with Crippen molar-refractivity contribution in [3.63, 3.8) is 0 Å². The van der Waals surface area contributed by atoms with E-state index in [-0.39, 0.29) is 0 Å². The van der Waals surface area contributed by atoms with E-state index >= 15 is 0 Å². The standard InChI is InChI=1S/C72H62N4/c1-40-25-44(5)68(45(6)26-40)54-17-21-58-59-22-18-55(69-46(7)27-41(2)28-47(69)8)34-63(59)75(62(58)33-54)66-38-74-39-67(72(66)53-15-13-52(37-73)14-16-53)76-64-35-56(70-48(9)29-42(3)30-49(70)10)19-23-60(64)61-24-20-57(36-65(61)76)71-50(11)31-43(4)32-51(71)12/h13-36,38-39H,1-12H3. The number of rotatable bonds is 7. The topological polar surface area (TPSA) is 46.5 Å². The van der Waals surface area contributed by atoms with Gasteiger partial charge < -0.3 is 9.13 Å². The van der Waals surface area contributed by atoms with Gasteiger partial charge in [-0.3, -0.25) is 4.98 Å². The molecule has 4 heteroatoms. The highest BCUT2D eigenvalue weighted by Crippen LogP contribution is 2.46. The van der Waals surface area contributed by atoms with Crippen LogP contribution in [0.2, 0.25) is 0 Å². The molecule has 4 nitrogen and oxygen atoms in total. The molecule has 0 amide bonds. The Balaban J connectivity index is 1.24. The molecule has 3 heterocycles. The van der Waals surface area contributed by atoms with E-state index in [2.05, 4.69) is 244 Å². The number of aryl methyl sites for hydroxylation is 12. The largest absolute Gasteiger partial charge is 0.307 e. The average Bonchev–Trinajstić information content (AvgIpc) is 3.98. The summed E-state index contributed by atoms with van der Waals surface area (Å²) in [7, 11) is 0. The van der Waals surface area contributed by atoms with E-state index in [0.717, 1.165) is 44.6 Å². The zero-order valence-corrected chi connectivity index (χ0v) is 45.8. The quantitative estimate of drug-likeness (QED) is 0.160. The van der Waals surface area contributed by atoms with Crippen molar-refractivity contribution in [2.75, 3.05) is 0 Å². The highest BCUT2D eigenvalue weighted by molar-refractivity contribution is 6.14. The lowest BCUT2D eigenvalue weighted by Crippen LogP contribution is -2.05. The summed E-state index contributed by atoms with van der Waals surface area (Å²) in [5.41, 5.74) is 33.7. The second kappa shape index (κ2) is 18.3. The molecule has 370 valence electrons. The first kappa shape index (κ1) is 48.2. The van der Waals surface area contributed by atoms with Gasteiger partial charge in [0, 0.05) is 27.1 Å². The Labute approximate surface area is 447 Å². The summed E-state index contributed by atoms with van der Waals surface area (Å²) >= 11 is 0. The first-order chi connectivity index (χ1) is 36.6. The van der Waals surface area contributed by atoms with Gasteiger partial charge in [-0.05, 0) is 214 Å². The number of pyridine rings is 1. The molecule has 0 aliphatic carbocycles. The summed E-state index contributed by atoms with van der Waals surface area (Å²) in [6.45, 7) is 26.6. The summed E-state index contributed by atoms with van der Waals surface area (Å²) < 4.78 is 4.95. The highest BCUT2D eigenvalue weighted by atomic mass is 15.0. The molecular weight excluding hydrogens is 921 g/mol. The van der Waals surface area contributed by atoms with Crippen molar-refractivity contribution in [1.82, 2.24) is 14.1 Å².